The molecule has 2 aliphatic heterocycles. The standard InChI is InChI=1S/C26H34N4O2/c1-27-25(31)24-20-29(16-13-21-9-3-2-4-10-21)17-18-30(24)26(32)23-12-6-5-11-22(23)19-28-14-7-8-15-28/h2-6,9-12,24H,7-8,13-20H2,1H3,(H,27,31). The van der Waals surface area contributed by atoms with Gasteiger partial charge in [-0.15, -0.1) is 0 Å². The first kappa shape index (κ1) is 22.5. The molecule has 0 saturated carbocycles. The Morgan fingerprint density at radius 3 is 2.38 bits per heavy atom. The van der Waals surface area contributed by atoms with Gasteiger partial charge in [0.2, 0.25) is 5.91 Å². The average Bonchev–Trinajstić information content (AvgIpc) is 3.36. The Kier molecular flexibility index (Phi) is 7.55. The molecule has 1 atom stereocenters. The number of likely N-dealkylation sites (tertiary alicyclic amines) is 1. The number of hydrogen-bond acceptors (Lipinski definition) is 4. The van der Waals surface area contributed by atoms with Crippen LogP contribution in [0.25, 0.3) is 0 Å². The van der Waals surface area contributed by atoms with Gasteiger partial charge in [0, 0.05) is 45.3 Å². The molecular weight excluding hydrogens is 400 g/mol. The summed E-state index contributed by atoms with van der Waals surface area (Å²) in [6, 6.07) is 17.8. The Balaban J connectivity index is 1.46. The number of nitrogens with one attached hydrogen (secondary N) is 1. The summed E-state index contributed by atoms with van der Waals surface area (Å²) in [6.07, 6.45) is 3.38. The van der Waals surface area contributed by atoms with Gasteiger partial charge in [-0.2, -0.15) is 0 Å². The molecular formula is C26H34N4O2. The molecule has 170 valence electrons. The fraction of sp³-hybridized carbons (Fsp3) is 0.462. The van der Waals surface area contributed by atoms with Crippen molar-refractivity contribution < 1.29 is 9.59 Å². The van der Waals surface area contributed by atoms with Gasteiger partial charge in [-0.05, 0) is 49.5 Å². The molecule has 0 bridgehead atoms. The second-order valence-corrected chi connectivity index (χ2v) is 8.81. The van der Waals surface area contributed by atoms with E-state index < -0.39 is 6.04 Å². The molecule has 4 rings (SSSR count). The SMILES string of the molecule is CNC(=O)C1CN(CCc2ccccc2)CCN1C(=O)c1ccccc1CN1CCCC1. The highest BCUT2D eigenvalue weighted by molar-refractivity contribution is 5.99. The third-order valence-electron chi connectivity index (χ3n) is 6.67. The van der Waals surface area contributed by atoms with E-state index in [1.807, 2.05) is 24.3 Å². The van der Waals surface area contributed by atoms with E-state index >= 15 is 0 Å². The molecule has 0 radical (unpaired) electrons. The summed E-state index contributed by atoms with van der Waals surface area (Å²) in [4.78, 5) is 32.9. The molecule has 2 heterocycles. The molecule has 2 saturated heterocycles. The van der Waals surface area contributed by atoms with Crippen LogP contribution in [0.5, 0.6) is 0 Å². The van der Waals surface area contributed by atoms with Crippen molar-refractivity contribution in [3.05, 3.63) is 71.3 Å². The quantitative estimate of drug-likeness (QED) is 0.727. The van der Waals surface area contributed by atoms with E-state index in [1.54, 1.807) is 11.9 Å². The van der Waals surface area contributed by atoms with Crippen LogP contribution >= 0.6 is 0 Å². The summed E-state index contributed by atoms with van der Waals surface area (Å²) in [5, 5.41) is 2.77. The highest BCUT2D eigenvalue weighted by Crippen LogP contribution is 2.21. The van der Waals surface area contributed by atoms with Crippen molar-refractivity contribution in [3.8, 4) is 0 Å². The van der Waals surface area contributed by atoms with Crippen LogP contribution in [0.3, 0.4) is 0 Å². The largest absolute Gasteiger partial charge is 0.357 e. The summed E-state index contributed by atoms with van der Waals surface area (Å²) in [7, 11) is 1.65. The summed E-state index contributed by atoms with van der Waals surface area (Å²) < 4.78 is 0. The van der Waals surface area contributed by atoms with Crippen molar-refractivity contribution in [3.63, 3.8) is 0 Å². The van der Waals surface area contributed by atoms with Gasteiger partial charge in [-0.3, -0.25) is 19.4 Å². The molecule has 2 aromatic rings. The van der Waals surface area contributed by atoms with Crippen molar-refractivity contribution in [2.24, 2.45) is 0 Å². The summed E-state index contributed by atoms with van der Waals surface area (Å²) in [5.41, 5.74) is 3.07. The van der Waals surface area contributed by atoms with E-state index in [-0.39, 0.29) is 11.8 Å². The molecule has 32 heavy (non-hydrogen) atoms. The molecule has 2 aliphatic rings. The second-order valence-electron chi connectivity index (χ2n) is 8.81. The number of rotatable bonds is 7. The minimum atomic E-state index is -0.475. The minimum Gasteiger partial charge on any atom is -0.357 e. The maximum atomic E-state index is 13.6. The van der Waals surface area contributed by atoms with Gasteiger partial charge in [0.25, 0.3) is 5.91 Å². The molecule has 0 aromatic heterocycles. The lowest BCUT2D eigenvalue weighted by atomic mass is 10.0. The van der Waals surface area contributed by atoms with E-state index in [0.29, 0.717) is 13.1 Å². The van der Waals surface area contributed by atoms with Crippen LogP contribution in [0.15, 0.2) is 54.6 Å². The Hall–Kier alpha value is -2.70. The van der Waals surface area contributed by atoms with Crippen LogP contribution in [0.1, 0.15) is 34.3 Å². The number of hydrogen-bond donors (Lipinski definition) is 1. The zero-order valence-corrected chi connectivity index (χ0v) is 19.0. The van der Waals surface area contributed by atoms with E-state index in [1.165, 1.54) is 18.4 Å². The molecule has 6 heteroatoms. The van der Waals surface area contributed by atoms with E-state index in [2.05, 4.69) is 45.4 Å². The maximum Gasteiger partial charge on any atom is 0.254 e. The van der Waals surface area contributed by atoms with Gasteiger partial charge in [0.1, 0.15) is 6.04 Å². The van der Waals surface area contributed by atoms with Crippen LogP contribution in [0.2, 0.25) is 0 Å². The number of piperazine rings is 1. The monoisotopic (exact) mass is 434 g/mol. The Bertz CT molecular complexity index is 911. The summed E-state index contributed by atoms with van der Waals surface area (Å²) >= 11 is 0. The fourth-order valence-corrected chi connectivity index (χ4v) is 4.81. The highest BCUT2D eigenvalue weighted by Gasteiger charge is 2.35. The average molecular weight is 435 g/mol. The Labute approximate surface area is 191 Å². The predicted molar refractivity (Wildman–Crippen MR) is 126 cm³/mol. The molecule has 0 spiro atoms. The number of carbonyl (C=O) groups excluding carboxylic acids is 2. The summed E-state index contributed by atoms with van der Waals surface area (Å²) in [6.45, 7) is 5.75. The van der Waals surface area contributed by atoms with E-state index in [0.717, 1.165) is 50.3 Å². The van der Waals surface area contributed by atoms with Crippen molar-refractivity contribution in [1.82, 2.24) is 20.0 Å². The number of benzene rings is 2. The van der Waals surface area contributed by atoms with Gasteiger partial charge in [0.05, 0.1) is 0 Å². The highest BCUT2D eigenvalue weighted by atomic mass is 16.2. The lowest BCUT2D eigenvalue weighted by Crippen LogP contribution is -2.60. The lowest BCUT2D eigenvalue weighted by molar-refractivity contribution is -0.127. The zero-order chi connectivity index (χ0) is 22.3. The van der Waals surface area contributed by atoms with Crippen LogP contribution in [0, 0.1) is 0 Å². The van der Waals surface area contributed by atoms with Crippen LogP contribution in [-0.2, 0) is 17.8 Å². The second kappa shape index (κ2) is 10.7. The van der Waals surface area contributed by atoms with Gasteiger partial charge >= 0.3 is 0 Å². The lowest BCUT2D eigenvalue weighted by Gasteiger charge is -2.40. The minimum absolute atomic E-state index is 0.0314. The molecule has 0 aliphatic carbocycles. The molecule has 2 fully saturated rings. The molecule has 2 amide bonds. The zero-order valence-electron chi connectivity index (χ0n) is 19.0. The van der Waals surface area contributed by atoms with Crippen molar-refractivity contribution in [1.29, 1.82) is 0 Å². The van der Waals surface area contributed by atoms with Crippen LogP contribution in [-0.4, -0.2) is 78.9 Å². The van der Waals surface area contributed by atoms with Gasteiger partial charge in [-0.25, -0.2) is 0 Å². The van der Waals surface area contributed by atoms with Crippen LogP contribution < -0.4 is 5.32 Å². The smallest absolute Gasteiger partial charge is 0.254 e. The van der Waals surface area contributed by atoms with Gasteiger partial charge in [0.15, 0.2) is 0 Å². The first-order valence-corrected chi connectivity index (χ1v) is 11.7. The molecule has 2 aromatic carbocycles. The number of carbonyl (C=O) groups is 2. The Morgan fingerprint density at radius 1 is 0.906 bits per heavy atom. The number of nitrogens with zero attached hydrogens (tertiary/aromatic N) is 3. The summed E-state index contributed by atoms with van der Waals surface area (Å²) in [5.74, 6) is -0.129. The van der Waals surface area contributed by atoms with E-state index in [4.69, 9.17) is 0 Å². The third-order valence-corrected chi connectivity index (χ3v) is 6.67. The van der Waals surface area contributed by atoms with Gasteiger partial charge < -0.3 is 10.2 Å². The third kappa shape index (κ3) is 5.37. The van der Waals surface area contributed by atoms with Crippen molar-refractivity contribution >= 4 is 11.8 Å². The number of amides is 2. The Morgan fingerprint density at radius 2 is 1.62 bits per heavy atom. The first-order valence-electron chi connectivity index (χ1n) is 11.7. The topological polar surface area (TPSA) is 55.9 Å². The number of likely N-dealkylation sites (N-methyl/N-ethyl adjacent to an activating group) is 1. The van der Waals surface area contributed by atoms with E-state index in [9.17, 15) is 9.59 Å². The van der Waals surface area contributed by atoms with Crippen LogP contribution in [0.4, 0.5) is 0 Å². The molecule has 1 unspecified atom stereocenters. The molecule has 1 N–H and O–H groups in total. The first-order chi connectivity index (χ1) is 15.7. The predicted octanol–water partition coefficient (Wildman–Crippen LogP) is 2.40. The van der Waals surface area contributed by atoms with Crippen molar-refractivity contribution in [2.75, 3.05) is 46.3 Å². The maximum absolute atomic E-state index is 13.6. The molecule has 6 nitrogen and oxygen atoms in total. The van der Waals surface area contributed by atoms with Crippen molar-refractivity contribution in [2.45, 2.75) is 31.8 Å². The normalized spacial score (nSPS) is 19.8. The van der Waals surface area contributed by atoms with Gasteiger partial charge in [-0.1, -0.05) is 48.5 Å². The fourth-order valence-electron chi connectivity index (χ4n) is 4.81.